The Morgan fingerprint density at radius 2 is 1.78 bits per heavy atom. The first-order valence-electron chi connectivity index (χ1n) is 13.2. The molecule has 1 saturated heterocycles. The molecule has 4 aromatic rings. The van der Waals surface area contributed by atoms with Gasteiger partial charge in [-0.1, -0.05) is 12.1 Å². The number of aromatic nitrogens is 3. The van der Waals surface area contributed by atoms with E-state index in [2.05, 4.69) is 25.5 Å². The molecule has 13 heteroatoms. The minimum absolute atomic E-state index is 0.0811. The fraction of sp³-hybridized carbons (Fsp3) is 0.321. The van der Waals surface area contributed by atoms with E-state index in [-0.39, 0.29) is 28.4 Å². The summed E-state index contributed by atoms with van der Waals surface area (Å²) in [6, 6.07) is 13.7. The summed E-state index contributed by atoms with van der Waals surface area (Å²) < 4.78 is 32.7. The van der Waals surface area contributed by atoms with Gasteiger partial charge in [-0.25, -0.2) is 17.8 Å². The maximum absolute atomic E-state index is 13.0. The molecule has 4 N–H and O–H groups in total. The lowest BCUT2D eigenvalue weighted by atomic mass is 10.1. The third-order valence-electron chi connectivity index (χ3n) is 7.08. The zero-order chi connectivity index (χ0) is 29.3. The highest BCUT2D eigenvalue weighted by Crippen LogP contribution is 2.35. The van der Waals surface area contributed by atoms with E-state index in [0.717, 1.165) is 23.3 Å². The number of piperidine rings is 1. The molecule has 1 aliphatic heterocycles. The number of carbonyl (C=O) groups is 1. The van der Waals surface area contributed by atoms with Gasteiger partial charge in [0.05, 0.1) is 40.1 Å². The first-order chi connectivity index (χ1) is 19.6. The largest absolute Gasteiger partial charge is 0.494 e. The summed E-state index contributed by atoms with van der Waals surface area (Å²) in [6.07, 6.45) is 1.23. The maximum atomic E-state index is 13.0. The van der Waals surface area contributed by atoms with E-state index < -0.39 is 21.2 Å². The summed E-state index contributed by atoms with van der Waals surface area (Å²) in [6.45, 7) is 4.67. The second kappa shape index (κ2) is 11.3. The number of methoxy groups -OCH3 is 1. The molecule has 0 radical (unpaired) electrons. The number of aliphatic hydroxyl groups is 1. The van der Waals surface area contributed by atoms with E-state index in [1.807, 2.05) is 18.2 Å². The number of anilines is 5. The number of sulfone groups is 1. The molecule has 0 saturated carbocycles. The fourth-order valence-electron chi connectivity index (χ4n) is 4.74. The number of rotatable bonds is 8. The quantitative estimate of drug-likeness (QED) is 0.231. The normalized spacial score (nSPS) is 14.4. The average molecular weight is 581 g/mol. The summed E-state index contributed by atoms with van der Waals surface area (Å²) in [5.74, 6) is 0.831. The molecule has 216 valence electrons. The molecule has 2 aromatic carbocycles. The van der Waals surface area contributed by atoms with E-state index >= 15 is 0 Å². The monoisotopic (exact) mass is 580 g/mol. The van der Waals surface area contributed by atoms with Gasteiger partial charge in [-0.15, -0.1) is 0 Å². The second-order valence-electron chi connectivity index (χ2n) is 10.0. The minimum atomic E-state index is -3.63. The van der Waals surface area contributed by atoms with Crippen LogP contribution in [0, 0.1) is 0 Å². The molecule has 0 spiro atoms. The van der Waals surface area contributed by atoms with Crippen LogP contribution in [0.15, 0.2) is 59.6 Å². The molecule has 2 aromatic heterocycles. The van der Waals surface area contributed by atoms with Crippen molar-refractivity contribution in [1.29, 1.82) is 0 Å². The molecule has 1 fully saturated rings. The van der Waals surface area contributed by atoms with Gasteiger partial charge in [-0.3, -0.25) is 0 Å². The second-order valence-corrected chi connectivity index (χ2v) is 12.5. The molecule has 41 heavy (non-hydrogen) atoms. The number of nitrogens with one attached hydrogen (secondary N) is 2. The van der Waals surface area contributed by atoms with E-state index in [4.69, 9.17) is 4.74 Å². The number of nitrogens with zero attached hydrogens (tertiary/aromatic N) is 4. The van der Waals surface area contributed by atoms with Crippen molar-refractivity contribution >= 4 is 55.8 Å². The number of ether oxygens (including phenoxy) is 1. The van der Waals surface area contributed by atoms with Crippen LogP contribution in [-0.2, 0) is 9.84 Å². The molecule has 0 unspecified atom stereocenters. The van der Waals surface area contributed by atoms with Gasteiger partial charge in [-0.2, -0.15) is 9.97 Å². The van der Waals surface area contributed by atoms with Crippen LogP contribution in [-0.4, -0.2) is 70.8 Å². The van der Waals surface area contributed by atoms with Crippen molar-refractivity contribution in [2.75, 3.05) is 35.7 Å². The Morgan fingerprint density at radius 1 is 1.05 bits per heavy atom. The van der Waals surface area contributed by atoms with Crippen LogP contribution in [0.5, 0.6) is 5.75 Å². The lowest BCUT2D eigenvalue weighted by Crippen LogP contribution is -2.35. The van der Waals surface area contributed by atoms with Crippen molar-refractivity contribution < 1.29 is 28.2 Å². The standard InChI is InChI=1S/C28H32N6O6S/c1-17(2)41(38,39)24-7-5-4-6-22(24)29-25-20-12-15-34(28(36)37)26(20)32-27(31-25)30-21-9-8-18(16-23(21)40-3)33-13-10-19(35)11-14-33/h4-9,12,15-17,19,35H,10-11,13-14H2,1-3H3,(H,36,37)(H2,29,30,31,32). The van der Waals surface area contributed by atoms with Crippen LogP contribution < -0.4 is 20.3 Å². The van der Waals surface area contributed by atoms with E-state index in [1.54, 1.807) is 45.2 Å². The Labute approximate surface area is 237 Å². The molecule has 5 rings (SSSR count). The van der Waals surface area contributed by atoms with Gasteiger partial charge in [0.15, 0.2) is 15.5 Å². The highest BCUT2D eigenvalue weighted by molar-refractivity contribution is 7.92. The Balaban J connectivity index is 1.54. The smallest absolute Gasteiger partial charge is 0.417 e. The first-order valence-corrected chi connectivity index (χ1v) is 14.7. The molecular weight excluding hydrogens is 548 g/mol. The maximum Gasteiger partial charge on any atom is 0.417 e. The van der Waals surface area contributed by atoms with Crippen LogP contribution in [0.4, 0.5) is 33.6 Å². The van der Waals surface area contributed by atoms with Crippen molar-refractivity contribution in [3.63, 3.8) is 0 Å². The minimum Gasteiger partial charge on any atom is -0.494 e. The van der Waals surface area contributed by atoms with Crippen molar-refractivity contribution in [1.82, 2.24) is 14.5 Å². The third kappa shape index (κ3) is 5.63. The highest BCUT2D eigenvalue weighted by atomic mass is 32.2. The van der Waals surface area contributed by atoms with Gasteiger partial charge in [0.2, 0.25) is 5.95 Å². The number of hydrogen-bond acceptors (Lipinski definition) is 10. The van der Waals surface area contributed by atoms with Gasteiger partial charge in [0.25, 0.3) is 0 Å². The summed E-state index contributed by atoms with van der Waals surface area (Å²) in [5.41, 5.74) is 1.92. The van der Waals surface area contributed by atoms with Gasteiger partial charge in [0.1, 0.15) is 11.6 Å². The van der Waals surface area contributed by atoms with Crippen molar-refractivity contribution in [3.05, 3.63) is 54.7 Å². The van der Waals surface area contributed by atoms with Gasteiger partial charge in [0, 0.05) is 31.0 Å². The summed E-state index contributed by atoms with van der Waals surface area (Å²) in [4.78, 5) is 23.3. The molecule has 0 aliphatic carbocycles. The fourth-order valence-corrected chi connectivity index (χ4v) is 5.95. The van der Waals surface area contributed by atoms with Crippen LogP contribution >= 0.6 is 0 Å². The SMILES string of the molecule is COc1cc(N2CCC(O)CC2)ccc1Nc1nc(Nc2ccccc2S(=O)(=O)C(C)C)c2ccn(C(=O)O)c2n1. The number of carboxylic acid groups (broad SMARTS) is 1. The topological polar surface area (TPSA) is 159 Å². The zero-order valence-electron chi connectivity index (χ0n) is 22.9. The van der Waals surface area contributed by atoms with Crippen molar-refractivity contribution in [3.8, 4) is 5.75 Å². The molecular formula is C28H32N6O6S. The lowest BCUT2D eigenvalue weighted by Gasteiger charge is -2.31. The Kier molecular flexibility index (Phi) is 7.74. The van der Waals surface area contributed by atoms with Crippen LogP contribution in [0.1, 0.15) is 26.7 Å². The predicted octanol–water partition coefficient (Wildman–Crippen LogP) is 4.60. The third-order valence-corrected chi connectivity index (χ3v) is 9.29. The molecule has 3 heterocycles. The number of para-hydroxylation sites is 1. The van der Waals surface area contributed by atoms with E-state index in [9.17, 15) is 23.4 Å². The van der Waals surface area contributed by atoms with E-state index in [0.29, 0.717) is 35.4 Å². The summed E-state index contributed by atoms with van der Waals surface area (Å²) in [5, 5.41) is 25.6. The molecule has 12 nitrogen and oxygen atoms in total. The van der Waals surface area contributed by atoms with Gasteiger partial charge in [-0.05, 0) is 57.0 Å². The van der Waals surface area contributed by atoms with Crippen molar-refractivity contribution in [2.45, 2.75) is 42.9 Å². The molecule has 0 amide bonds. The first kappa shape index (κ1) is 28.2. The molecule has 0 atom stereocenters. The molecule has 0 bridgehead atoms. The summed E-state index contributed by atoms with van der Waals surface area (Å²) >= 11 is 0. The molecule has 1 aliphatic rings. The zero-order valence-corrected chi connectivity index (χ0v) is 23.7. The van der Waals surface area contributed by atoms with Crippen LogP contribution in [0.25, 0.3) is 11.0 Å². The highest BCUT2D eigenvalue weighted by Gasteiger charge is 2.24. The number of benzene rings is 2. The Morgan fingerprint density at radius 3 is 2.46 bits per heavy atom. The average Bonchev–Trinajstić information content (AvgIpc) is 3.38. The predicted molar refractivity (Wildman–Crippen MR) is 157 cm³/mol. The number of hydrogen-bond donors (Lipinski definition) is 4. The Bertz CT molecular complexity index is 1700. The number of aliphatic hydroxyl groups excluding tert-OH is 1. The van der Waals surface area contributed by atoms with Crippen LogP contribution in [0.3, 0.4) is 0 Å². The Hall–Kier alpha value is -4.36. The lowest BCUT2D eigenvalue weighted by molar-refractivity contribution is 0.145. The van der Waals surface area contributed by atoms with Crippen LogP contribution in [0.2, 0.25) is 0 Å². The van der Waals surface area contributed by atoms with Crippen molar-refractivity contribution in [2.24, 2.45) is 0 Å². The summed E-state index contributed by atoms with van der Waals surface area (Å²) in [7, 11) is -2.08. The van der Waals surface area contributed by atoms with E-state index in [1.165, 1.54) is 12.3 Å². The van der Waals surface area contributed by atoms with Gasteiger partial charge >= 0.3 is 6.09 Å². The number of fused-ring (bicyclic) bond motifs is 1. The van der Waals surface area contributed by atoms with Gasteiger partial charge < -0.3 is 30.5 Å².